The molecule has 0 unspecified atom stereocenters. The van der Waals surface area contributed by atoms with Crippen molar-refractivity contribution < 1.29 is 0 Å². The molecule has 0 atom stereocenters. The van der Waals surface area contributed by atoms with Crippen LogP contribution in [0.2, 0.25) is 0 Å². The van der Waals surface area contributed by atoms with Gasteiger partial charge in [0, 0.05) is 19.3 Å². The Morgan fingerprint density at radius 3 is 2.75 bits per heavy atom. The Morgan fingerprint density at radius 1 is 1.44 bits per heavy atom. The monoisotopic (exact) mass is 236 g/mol. The minimum atomic E-state index is 0.508. The topological polar surface area (TPSA) is 16.1 Å². The van der Waals surface area contributed by atoms with Gasteiger partial charge in [0.2, 0.25) is 0 Å². The average Bonchev–Trinajstić information content (AvgIpc) is 3.10. The summed E-state index contributed by atoms with van der Waals surface area (Å²) in [5.41, 5.74) is 1.67. The molecule has 0 spiro atoms. The Hall–Kier alpha value is -0.540. The van der Waals surface area contributed by atoms with E-state index in [4.69, 9.17) is 0 Å². The third-order valence-corrected chi connectivity index (χ3v) is 4.08. The molecule has 0 saturated heterocycles. The van der Waals surface area contributed by atoms with Crippen molar-refractivity contribution in [3.8, 4) is 0 Å². The second kappa shape index (κ2) is 5.19. The van der Waals surface area contributed by atoms with Crippen LogP contribution in [0.15, 0.2) is 24.4 Å². The Bertz CT molecular complexity index is 322. The third-order valence-electron chi connectivity index (χ3n) is 3.41. The number of nitrogens with zero attached hydrogens (tertiary/aromatic N) is 2. The first kappa shape index (κ1) is 11.9. The van der Waals surface area contributed by atoms with Gasteiger partial charge in [-0.1, -0.05) is 13.0 Å². The first-order valence-corrected chi connectivity index (χ1v) is 6.64. The lowest BCUT2D eigenvalue weighted by Crippen LogP contribution is -2.31. The van der Waals surface area contributed by atoms with Crippen LogP contribution in [0.3, 0.4) is 0 Å². The van der Waals surface area contributed by atoms with Crippen LogP contribution >= 0.6 is 12.6 Å². The lowest BCUT2D eigenvalue weighted by Gasteiger charge is -2.24. The molecule has 1 saturated carbocycles. The molecule has 0 N–H and O–H groups in total. The summed E-state index contributed by atoms with van der Waals surface area (Å²) in [5.74, 6) is 1.02. The summed E-state index contributed by atoms with van der Waals surface area (Å²) in [6, 6.07) is 6.13. The zero-order valence-electron chi connectivity index (χ0n) is 9.89. The van der Waals surface area contributed by atoms with Crippen molar-refractivity contribution in [3.05, 3.63) is 30.1 Å². The molecule has 2 rings (SSSR count). The van der Waals surface area contributed by atoms with Gasteiger partial charge < -0.3 is 0 Å². The quantitative estimate of drug-likeness (QED) is 0.764. The van der Waals surface area contributed by atoms with Crippen LogP contribution in [0.5, 0.6) is 0 Å². The van der Waals surface area contributed by atoms with Gasteiger partial charge in [0.25, 0.3) is 0 Å². The second-order valence-corrected chi connectivity index (χ2v) is 5.10. The summed E-state index contributed by atoms with van der Waals surface area (Å²) in [4.78, 5) is 6.86. The van der Waals surface area contributed by atoms with E-state index in [-0.39, 0.29) is 0 Å². The van der Waals surface area contributed by atoms with E-state index in [0.717, 1.165) is 18.8 Å². The molecule has 1 aliphatic carbocycles. The smallest absolute Gasteiger partial charge is 0.0543 e. The fourth-order valence-corrected chi connectivity index (χ4v) is 2.43. The molecule has 0 radical (unpaired) electrons. The highest BCUT2D eigenvalue weighted by molar-refractivity contribution is 7.80. The Labute approximate surface area is 103 Å². The first-order chi connectivity index (χ1) is 7.78. The Morgan fingerprint density at radius 2 is 2.25 bits per heavy atom. The van der Waals surface area contributed by atoms with Crippen LogP contribution < -0.4 is 0 Å². The van der Waals surface area contributed by atoms with E-state index < -0.39 is 0 Å². The summed E-state index contributed by atoms with van der Waals surface area (Å²) < 4.78 is 0. The lowest BCUT2D eigenvalue weighted by molar-refractivity contribution is 0.231. The van der Waals surface area contributed by atoms with Crippen molar-refractivity contribution in [3.63, 3.8) is 0 Å². The fraction of sp³-hybridized carbons (Fsp3) is 0.615. The van der Waals surface area contributed by atoms with Crippen molar-refractivity contribution in [2.24, 2.45) is 5.41 Å². The molecule has 88 valence electrons. The van der Waals surface area contributed by atoms with Crippen molar-refractivity contribution in [1.82, 2.24) is 9.88 Å². The van der Waals surface area contributed by atoms with E-state index in [9.17, 15) is 0 Å². The zero-order valence-corrected chi connectivity index (χ0v) is 10.8. The molecule has 1 fully saturated rings. The molecule has 2 nitrogen and oxygen atoms in total. The van der Waals surface area contributed by atoms with E-state index in [1.165, 1.54) is 25.1 Å². The predicted molar refractivity (Wildman–Crippen MR) is 70.7 cm³/mol. The van der Waals surface area contributed by atoms with Gasteiger partial charge in [0.15, 0.2) is 0 Å². The standard InChI is InChI=1S/C13H20N2S/c1-2-15(10-13(11-16)6-7-13)9-12-5-3-4-8-14-12/h3-5,8,16H,2,6-7,9-11H2,1H3. The highest BCUT2D eigenvalue weighted by atomic mass is 32.1. The maximum atomic E-state index is 4.46. The molecule has 1 aromatic heterocycles. The van der Waals surface area contributed by atoms with Gasteiger partial charge in [-0.3, -0.25) is 9.88 Å². The van der Waals surface area contributed by atoms with Crippen LogP contribution in [0.1, 0.15) is 25.5 Å². The Balaban J connectivity index is 1.91. The summed E-state index contributed by atoms with van der Waals surface area (Å²) >= 11 is 4.46. The molecule has 0 bridgehead atoms. The van der Waals surface area contributed by atoms with Gasteiger partial charge in [-0.15, -0.1) is 0 Å². The van der Waals surface area contributed by atoms with E-state index >= 15 is 0 Å². The van der Waals surface area contributed by atoms with Gasteiger partial charge in [-0.05, 0) is 42.7 Å². The van der Waals surface area contributed by atoms with Gasteiger partial charge in [-0.2, -0.15) is 12.6 Å². The fourth-order valence-electron chi connectivity index (χ4n) is 2.02. The predicted octanol–water partition coefficient (Wildman–Crippen LogP) is 2.61. The largest absolute Gasteiger partial charge is 0.297 e. The van der Waals surface area contributed by atoms with E-state index in [1.54, 1.807) is 0 Å². The molecular formula is C13H20N2S. The van der Waals surface area contributed by atoms with Crippen LogP contribution in [-0.4, -0.2) is 28.7 Å². The number of thiol groups is 1. The minimum Gasteiger partial charge on any atom is -0.297 e. The molecule has 0 amide bonds. The van der Waals surface area contributed by atoms with E-state index in [1.807, 2.05) is 12.3 Å². The number of rotatable bonds is 6. The van der Waals surface area contributed by atoms with Gasteiger partial charge >= 0.3 is 0 Å². The van der Waals surface area contributed by atoms with Gasteiger partial charge in [0.05, 0.1) is 5.69 Å². The lowest BCUT2D eigenvalue weighted by atomic mass is 10.1. The van der Waals surface area contributed by atoms with E-state index in [0.29, 0.717) is 5.41 Å². The SMILES string of the molecule is CCN(Cc1ccccn1)CC1(CS)CC1. The summed E-state index contributed by atoms with van der Waals surface area (Å²) in [5, 5.41) is 0. The molecule has 0 aliphatic heterocycles. The van der Waals surface area contributed by atoms with Crippen LogP contribution in [0, 0.1) is 5.41 Å². The summed E-state index contributed by atoms with van der Waals surface area (Å²) in [6.07, 6.45) is 4.55. The van der Waals surface area contributed by atoms with Crippen molar-refractivity contribution in [2.75, 3.05) is 18.8 Å². The van der Waals surface area contributed by atoms with Gasteiger partial charge in [0.1, 0.15) is 0 Å². The van der Waals surface area contributed by atoms with Gasteiger partial charge in [-0.25, -0.2) is 0 Å². The minimum absolute atomic E-state index is 0.508. The van der Waals surface area contributed by atoms with Crippen molar-refractivity contribution >= 4 is 12.6 Å². The molecule has 1 heterocycles. The van der Waals surface area contributed by atoms with Crippen LogP contribution in [0.4, 0.5) is 0 Å². The number of hydrogen-bond donors (Lipinski definition) is 1. The highest BCUT2D eigenvalue weighted by Crippen LogP contribution is 2.47. The van der Waals surface area contributed by atoms with Crippen molar-refractivity contribution in [2.45, 2.75) is 26.3 Å². The number of pyridine rings is 1. The molecule has 16 heavy (non-hydrogen) atoms. The summed E-state index contributed by atoms with van der Waals surface area (Å²) in [7, 11) is 0. The van der Waals surface area contributed by atoms with E-state index in [2.05, 4.69) is 41.6 Å². The number of aromatic nitrogens is 1. The molecule has 1 aromatic rings. The first-order valence-electron chi connectivity index (χ1n) is 6.01. The van der Waals surface area contributed by atoms with Crippen LogP contribution in [-0.2, 0) is 6.54 Å². The molecular weight excluding hydrogens is 216 g/mol. The molecule has 0 aromatic carbocycles. The maximum absolute atomic E-state index is 4.46. The third kappa shape index (κ3) is 2.98. The molecule has 1 aliphatic rings. The van der Waals surface area contributed by atoms with Crippen LogP contribution in [0.25, 0.3) is 0 Å². The summed E-state index contributed by atoms with van der Waals surface area (Å²) in [6.45, 7) is 5.44. The molecule has 3 heteroatoms. The normalized spacial score (nSPS) is 17.7. The number of hydrogen-bond acceptors (Lipinski definition) is 3. The second-order valence-electron chi connectivity index (χ2n) is 4.78. The maximum Gasteiger partial charge on any atom is 0.0543 e. The zero-order chi connectivity index (χ0) is 11.4. The average molecular weight is 236 g/mol. The Kier molecular flexibility index (Phi) is 3.87. The highest BCUT2D eigenvalue weighted by Gasteiger charge is 2.42. The van der Waals surface area contributed by atoms with Crippen molar-refractivity contribution in [1.29, 1.82) is 0 Å².